The number of likely N-dealkylation sites (N-methyl/N-ethyl adjacent to an activating group) is 1. The second kappa shape index (κ2) is 6.82. The van der Waals surface area contributed by atoms with Gasteiger partial charge in [-0.15, -0.1) is 0 Å². The zero-order valence-electron chi connectivity index (χ0n) is 17.3. The maximum Gasteiger partial charge on any atom is 0.240 e. The van der Waals surface area contributed by atoms with Crippen molar-refractivity contribution in [2.24, 2.45) is 5.92 Å². The second-order valence-corrected chi connectivity index (χ2v) is 9.04. The Kier molecular flexibility index (Phi) is 4.37. The average Bonchev–Trinajstić information content (AvgIpc) is 3.02. The van der Waals surface area contributed by atoms with Crippen LogP contribution in [0.3, 0.4) is 0 Å². The van der Waals surface area contributed by atoms with E-state index in [0.717, 1.165) is 19.5 Å². The molecule has 1 aromatic heterocycles. The third-order valence-corrected chi connectivity index (χ3v) is 6.55. The highest BCUT2D eigenvalue weighted by Crippen LogP contribution is 2.42. The Morgan fingerprint density at radius 2 is 1.93 bits per heavy atom. The molecule has 29 heavy (non-hydrogen) atoms. The number of imide groups is 1. The first-order valence-electron chi connectivity index (χ1n) is 10.5. The summed E-state index contributed by atoms with van der Waals surface area (Å²) in [6, 6.07) is 7.47. The Balaban J connectivity index is 1.52. The Morgan fingerprint density at radius 3 is 2.66 bits per heavy atom. The molecule has 5 rings (SSSR count). The first-order chi connectivity index (χ1) is 13.9. The summed E-state index contributed by atoms with van der Waals surface area (Å²) in [6.07, 6.45) is 5.78. The van der Waals surface area contributed by atoms with Crippen LogP contribution < -0.4 is 5.32 Å². The van der Waals surface area contributed by atoms with Crippen molar-refractivity contribution in [3.8, 4) is 0 Å². The molecule has 3 heterocycles. The highest BCUT2D eigenvalue weighted by Gasteiger charge is 2.35. The molecule has 1 N–H and O–H groups in total. The van der Waals surface area contributed by atoms with Gasteiger partial charge in [0.2, 0.25) is 11.8 Å². The number of amides is 2. The second-order valence-electron chi connectivity index (χ2n) is 9.04. The van der Waals surface area contributed by atoms with Crippen molar-refractivity contribution in [2.45, 2.75) is 32.4 Å². The van der Waals surface area contributed by atoms with E-state index in [0.29, 0.717) is 31.1 Å². The van der Waals surface area contributed by atoms with Crippen LogP contribution in [0.25, 0.3) is 16.5 Å². The van der Waals surface area contributed by atoms with Gasteiger partial charge >= 0.3 is 0 Å². The van der Waals surface area contributed by atoms with E-state index in [1.54, 1.807) is 0 Å². The van der Waals surface area contributed by atoms with E-state index in [-0.39, 0.29) is 11.8 Å². The van der Waals surface area contributed by atoms with Crippen LogP contribution in [0.1, 0.15) is 31.0 Å². The minimum atomic E-state index is -0.196. The fourth-order valence-electron chi connectivity index (χ4n) is 5.38. The Hall–Kier alpha value is -2.44. The molecule has 1 aromatic carbocycles. The van der Waals surface area contributed by atoms with Crippen LogP contribution in [-0.2, 0) is 16.0 Å². The van der Waals surface area contributed by atoms with Crippen LogP contribution in [0.2, 0.25) is 0 Å². The number of rotatable bonds is 3. The lowest BCUT2D eigenvalue weighted by Crippen LogP contribution is -2.53. The summed E-state index contributed by atoms with van der Waals surface area (Å²) >= 11 is 0. The van der Waals surface area contributed by atoms with E-state index in [4.69, 9.17) is 0 Å². The smallest absolute Gasteiger partial charge is 0.240 e. The lowest BCUT2D eigenvalue weighted by Gasteiger charge is -2.41. The third kappa shape index (κ3) is 3.11. The largest absolute Gasteiger partial charge is 0.345 e. The molecule has 0 unspecified atom stereocenters. The summed E-state index contributed by atoms with van der Waals surface area (Å²) in [5.74, 6) is -0.0926. The van der Waals surface area contributed by atoms with Crippen LogP contribution in [0.4, 0.5) is 0 Å². The van der Waals surface area contributed by atoms with E-state index in [1.165, 1.54) is 27.6 Å². The molecule has 0 saturated carbocycles. The zero-order chi connectivity index (χ0) is 20.3. The predicted octanol–water partition coefficient (Wildman–Crippen LogP) is 2.05. The van der Waals surface area contributed by atoms with Gasteiger partial charge in [0.05, 0.1) is 13.1 Å². The maximum absolute atomic E-state index is 11.7. The van der Waals surface area contributed by atoms with Crippen molar-refractivity contribution in [3.05, 3.63) is 41.6 Å². The molecule has 1 fully saturated rings. The quantitative estimate of drug-likeness (QED) is 0.813. The number of carbonyl (C=O) groups is 2. The van der Waals surface area contributed by atoms with E-state index < -0.39 is 0 Å². The Bertz CT molecular complexity index is 1020. The fourth-order valence-corrected chi connectivity index (χ4v) is 5.38. The molecule has 2 aromatic rings. The van der Waals surface area contributed by atoms with Crippen LogP contribution in [0.5, 0.6) is 0 Å². The fraction of sp³-hybridized carbons (Fsp3) is 0.478. The van der Waals surface area contributed by atoms with E-state index >= 15 is 0 Å². The monoisotopic (exact) mass is 392 g/mol. The van der Waals surface area contributed by atoms with Gasteiger partial charge in [0, 0.05) is 48.2 Å². The summed E-state index contributed by atoms with van der Waals surface area (Å²) in [5.41, 5.74) is 5.50. The molecule has 3 aliphatic rings. The molecule has 1 saturated heterocycles. The number of hydrogen-bond acceptors (Lipinski definition) is 4. The standard InChI is InChI=1S/C23H28N4O2/c1-14(2)27-11-16-8-20-18(17-5-4-6-19(27)23(16)17)7-15(9-25(20)3)10-26-12-21(28)24-22(29)13-26/h4-7,11,14-15,20H,8-10,12-13H2,1-3H3,(H,24,28,29)/t15-,20-/m1/s1. The van der Waals surface area contributed by atoms with Crippen molar-refractivity contribution in [1.82, 2.24) is 19.7 Å². The highest BCUT2D eigenvalue weighted by atomic mass is 16.2. The lowest BCUT2D eigenvalue weighted by molar-refractivity contribution is -0.136. The number of aromatic nitrogens is 1. The van der Waals surface area contributed by atoms with Gasteiger partial charge in [-0.25, -0.2) is 0 Å². The molecule has 152 valence electrons. The van der Waals surface area contributed by atoms with Gasteiger partial charge in [-0.1, -0.05) is 18.2 Å². The molecular formula is C23H28N4O2. The van der Waals surface area contributed by atoms with E-state index in [9.17, 15) is 9.59 Å². The minimum absolute atomic E-state index is 0.196. The molecule has 2 aliphatic heterocycles. The van der Waals surface area contributed by atoms with Gasteiger partial charge in [-0.3, -0.25) is 24.7 Å². The lowest BCUT2D eigenvalue weighted by atomic mass is 9.80. The molecule has 1 aliphatic carbocycles. The van der Waals surface area contributed by atoms with Gasteiger partial charge in [0.15, 0.2) is 0 Å². The predicted molar refractivity (Wildman–Crippen MR) is 114 cm³/mol. The van der Waals surface area contributed by atoms with Gasteiger partial charge < -0.3 is 4.57 Å². The van der Waals surface area contributed by atoms with Gasteiger partial charge in [-0.2, -0.15) is 0 Å². The van der Waals surface area contributed by atoms with Gasteiger partial charge in [-0.05, 0) is 50.1 Å². The molecule has 2 amide bonds. The SMILES string of the molecule is CC(C)n1cc2c3c(cccc31)C1=C[C@@H](CN3CC(=O)NC(=O)C3)CN(C)[C@@H]1C2. The van der Waals surface area contributed by atoms with Crippen LogP contribution >= 0.6 is 0 Å². The Morgan fingerprint density at radius 1 is 1.17 bits per heavy atom. The van der Waals surface area contributed by atoms with Gasteiger partial charge in [0.1, 0.15) is 0 Å². The zero-order valence-corrected chi connectivity index (χ0v) is 17.3. The van der Waals surface area contributed by atoms with Crippen molar-refractivity contribution >= 4 is 28.3 Å². The topological polar surface area (TPSA) is 57.6 Å². The molecule has 0 bridgehead atoms. The minimum Gasteiger partial charge on any atom is -0.345 e. The normalized spacial score (nSPS) is 25.3. The van der Waals surface area contributed by atoms with Crippen LogP contribution in [0, 0.1) is 5.92 Å². The maximum atomic E-state index is 11.7. The molecule has 0 spiro atoms. The number of fused-ring (bicyclic) bond motifs is 2. The van der Waals surface area contributed by atoms with Crippen molar-refractivity contribution in [2.75, 3.05) is 33.2 Å². The molecule has 6 heteroatoms. The first kappa shape index (κ1) is 18.6. The molecular weight excluding hydrogens is 364 g/mol. The van der Waals surface area contributed by atoms with Crippen molar-refractivity contribution in [3.63, 3.8) is 0 Å². The summed E-state index contributed by atoms with van der Waals surface area (Å²) < 4.78 is 2.39. The van der Waals surface area contributed by atoms with E-state index in [2.05, 4.69) is 66.2 Å². The molecule has 0 radical (unpaired) electrons. The molecule has 6 nitrogen and oxygen atoms in total. The number of benzene rings is 1. The number of piperazine rings is 1. The number of nitrogens with one attached hydrogen (secondary N) is 1. The van der Waals surface area contributed by atoms with E-state index in [1.807, 2.05) is 4.90 Å². The van der Waals surface area contributed by atoms with Gasteiger partial charge in [0.25, 0.3) is 0 Å². The molecule has 2 atom stereocenters. The van der Waals surface area contributed by atoms with Crippen molar-refractivity contribution < 1.29 is 9.59 Å². The number of nitrogens with zero attached hydrogens (tertiary/aromatic N) is 3. The third-order valence-electron chi connectivity index (χ3n) is 6.55. The van der Waals surface area contributed by atoms with Crippen LogP contribution in [0.15, 0.2) is 30.5 Å². The Labute approximate surface area is 171 Å². The highest BCUT2D eigenvalue weighted by molar-refractivity contribution is 6.00. The summed E-state index contributed by atoms with van der Waals surface area (Å²) in [5, 5.41) is 3.78. The first-order valence-corrected chi connectivity index (χ1v) is 10.5. The summed E-state index contributed by atoms with van der Waals surface area (Å²) in [4.78, 5) is 27.9. The number of carbonyl (C=O) groups excluding carboxylic acids is 2. The number of hydrogen-bond donors (Lipinski definition) is 1. The van der Waals surface area contributed by atoms with Crippen LogP contribution in [-0.4, -0.2) is 65.4 Å². The summed E-state index contributed by atoms with van der Waals surface area (Å²) in [7, 11) is 2.20. The summed E-state index contributed by atoms with van der Waals surface area (Å²) in [6.45, 7) is 6.74. The van der Waals surface area contributed by atoms with Crippen molar-refractivity contribution in [1.29, 1.82) is 0 Å². The average molecular weight is 393 g/mol.